The zero-order chi connectivity index (χ0) is 21.7. The number of hydrogen-bond donors (Lipinski definition) is 1. The van der Waals surface area contributed by atoms with Crippen LogP contribution in [0.1, 0.15) is 31.7 Å². The van der Waals surface area contributed by atoms with E-state index in [1.807, 2.05) is 36.1 Å². The molecule has 1 aliphatic rings. The SMILES string of the molecule is CNC(=O)C(C)c1ccc(OC2CCN(c3ncnc(OCC(C)=O)c3Cl)C2)cc1. The van der Waals surface area contributed by atoms with E-state index in [1.165, 1.54) is 13.3 Å². The van der Waals surface area contributed by atoms with Gasteiger partial charge in [-0.2, -0.15) is 0 Å². The van der Waals surface area contributed by atoms with E-state index in [4.69, 9.17) is 21.1 Å². The van der Waals surface area contributed by atoms with E-state index >= 15 is 0 Å². The number of nitrogens with one attached hydrogen (secondary N) is 1. The van der Waals surface area contributed by atoms with Crippen molar-refractivity contribution in [3.8, 4) is 11.6 Å². The third kappa shape index (κ3) is 5.18. The van der Waals surface area contributed by atoms with E-state index < -0.39 is 0 Å². The van der Waals surface area contributed by atoms with Gasteiger partial charge < -0.3 is 19.7 Å². The molecule has 1 amide bonds. The van der Waals surface area contributed by atoms with Crippen LogP contribution in [-0.2, 0) is 9.59 Å². The van der Waals surface area contributed by atoms with E-state index in [-0.39, 0.29) is 41.2 Å². The van der Waals surface area contributed by atoms with Gasteiger partial charge in [-0.1, -0.05) is 23.7 Å². The molecule has 0 saturated carbocycles. The molecule has 0 aliphatic carbocycles. The molecule has 3 rings (SSSR count). The Morgan fingerprint density at radius 3 is 2.70 bits per heavy atom. The Hall–Kier alpha value is -2.87. The van der Waals surface area contributed by atoms with Gasteiger partial charge in [0.25, 0.3) is 0 Å². The molecule has 0 bridgehead atoms. The molecule has 9 heteroatoms. The third-order valence-corrected chi connectivity index (χ3v) is 5.25. The number of aromatic nitrogens is 2. The molecule has 160 valence electrons. The Morgan fingerprint density at radius 2 is 2.03 bits per heavy atom. The first-order chi connectivity index (χ1) is 14.4. The van der Waals surface area contributed by atoms with E-state index in [1.54, 1.807) is 7.05 Å². The van der Waals surface area contributed by atoms with Crippen LogP contribution in [0, 0.1) is 0 Å². The van der Waals surface area contributed by atoms with Crippen molar-refractivity contribution in [2.24, 2.45) is 0 Å². The highest BCUT2D eigenvalue weighted by molar-refractivity contribution is 6.34. The Morgan fingerprint density at radius 1 is 1.30 bits per heavy atom. The van der Waals surface area contributed by atoms with Crippen LogP contribution in [0.15, 0.2) is 30.6 Å². The van der Waals surface area contributed by atoms with E-state index in [9.17, 15) is 9.59 Å². The summed E-state index contributed by atoms with van der Waals surface area (Å²) in [6.07, 6.45) is 2.15. The average molecular weight is 433 g/mol. The van der Waals surface area contributed by atoms with Gasteiger partial charge in [-0.3, -0.25) is 9.59 Å². The van der Waals surface area contributed by atoms with E-state index in [0.717, 1.165) is 24.3 Å². The van der Waals surface area contributed by atoms with Gasteiger partial charge in [0.15, 0.2) is 11.6 Å². The monoisotopic (exact) mass is 432 g/mol. The summed E-state index contributed by atoms with van der Waals surface area (Å²) >= 11 is 6.39. The summed E-state index contributed by atoms with van der Waals surface area (Å²) in [5.74, 6) is 1.15. The van der Waals surface area contributed by atoms with Gasteiger partial charge in [-0.15, -0.1) is 0 Å². The first-order valence-electron chi connectivity index (χ1n) is 9.75. The summed E-state index contributed by atoms with van der Waals surface area (Å²) in [6.45, 7) is 4.54. The number of ketones is 1. The van der Waals surface area contributed by atoms with Crippen molar-refractivity contribution in [1.82, 2.24) is 15.3 Å². The van der Waals surface area contributed by atoms with Gasteiger partial charge in [0.05, 0.1) is 12.5 Å². The van der Waals surface area contributed by atoms with E-state index in [2.05, 4.69) is 15.3 Å². The molecule has 30 heavy (non-hydrogen) atoms. The molecule has 8 nitrogen and oxygen atoms in total. The number of anilines is 1. The zero-order valence-corrected chi connectivity index (χ0v) is 18.0. The predicted molar refractivity (Wildman–Crippen MR) is 113 cm³/mol. The lowest BCUT2D eigenvalue weighted by atomic mass is 10.0. The third-order valence-electron chi connectivity index (χ3n) is 4.92. The fourth-order valence-electron chi connectivity index (χ4n) is 3.25. The largest absolute Gasteiger partial charge is 0.489 e. The average Bonchev–Trinajstić information content (AvgIpc) is 3.20. The van der Waals surface area contributed by atoms with Crippen molar-refractivity contribution < 1.29 is 19.1 Å². The van der Waals surface area contributed by atoms with Crippen LogP contribution < -0.4 is 19.7 Å². The number of hydrogen-bond acceptors (Lipinski definition) is 7. The summed E-state index contributed by atoms with van der Waals surface area (Å²) in [6, 6.07) is 7.56. The number of rotatable bonds is 8. The summed E-state index contributed by atoms with van der Waals surface area (Å²) in [5.41, 5.74) is 0.931. The fourth-order valence-corrected chi connectivity index (χ4v) is 3.52. The molecule has 0 spiro atoms. The molecule has 2 unspecified atom stereocenters. The molecule has 1 saturated heterocycles. The summed E-state index contributed by atoms with van der Waals surface area (Å²) in [7, 11) is 1.63. The molecule has 1 fully saturated rings. The van der Waals surface area contributed by atoms with Crippen LogP contribution in [-0.4, -0.2) is 54.5 Å². The Kier molecular flexibility index (Phi) is 7.10. The molecule has 2 heterocycles. The number of halogens is 1. The highest BCUT2D eigenvalue weighted by Crippen LogP contribution is 2.33. The van der Waals surface area contributed by atoms with Gasteiger partial charge in [0.2, 0.25) is 11.8 Å². The molecule has 0 radical (unpaired) electrons. The Labute approximate surface area is 180 Å². The number of Topliss-reactive ketones (excluding diaryl/α,β-unsaturated/α-hetero) is 1. The highest BCUT2D eigenvalue weighted by Gasteiger charge is 2.28. The van der Waals surface area contributed by atoms with Gasteiger partial charge in [0.1, 0.15) is 29.8 Å². The number of carbonyl (C=O) groups is 2. The second-order valence-corrected chi connectivity index (χ2v) is 7.56. The molecule has 1 aliphatic heterocycles. The molecule has 1 aromatic carbocycles. The lowest BCUT2D eigenvalue weighted by Crippen LogP contribution is -2.26. The molecule has 1 N–H and O–H groups in total. The molecular weight excluding hydrogens is 408 g/mol. The Balaban J connectivity index is 1.61. The number of amides is 1. The highest BCUT2D eigenvalue weighted by atomic mass is 35.5. The number of benzene rings is 1. The zero-order valence-electron chi connectivity index (χ0n) is 17.2. The van der Waals surface area contributed by atoms with Crippen molar-refractivity contribution in [3.05, 3.63) is 41.2 Å². The van der Waals surface area contributed by atoms with Crippen LogP contribution in [0.5, 0.6) is 11.6 Å². The van der Waals surface area contributed by atoms with Crippen molar-refractivity contribution in [1.29, 1.82) is 0 Å². The summed E-state index contributed by atoms with van der Waals surface area (Å²) in [5, 5.41) is 2.94. The van der Waals surface area contributed by atoms with Gasteiger partial charge in [0, 0.05) is 20.0 Å². The number of carbonyl (C=O) groups excluding carboxylic acids is 2. The first-order valence-corrected chi connectivity index (χ1v) is 10.1. The van der Waals surface area contributed by atoms with Crippen molar-refractivity contribution in [2.45, 2.75) is 32.3 Å². The first kappa shape index (κ1) is 21.8. The lowest BCUT2D eigenvalue weighted by Gasteiger charge is -2.20. The lowest BCUT2D eigenvalue weighted by molar-refractivity contribution is -0.121. The summed E-state index contributed by atoms with van der Waals surface area (Å²) < 4.78 is 11.5. The molecule has 2 atom stereocenters. The minimum atomic E-state index is -0.217. The molecular formula is C21H25ClN4O4. The maximum Gasteiger partial charge on any atom is 0.238 e. The minimum absolute atomic E-state index is 0.0246. The molecule has 1 aromatic heterocycles. The van der Waals surface area contributed by atoms with Gasteiger partial charge >= 0.3 is 0 Å². The van der Waals surface area contributed by atoms with Crippen molar-refractivity contribution >= 4 is 29.1 Å². The van der Waals surface area contributed by atoms with Crippen molar-refractivity contribution in [2.75, 3.05) is 31.6 Å². The van der Waals surface area contributed by atoms with Crippen LogP contribution >= 0.6 is 11.6 Å². The predicted octanol–water partition coefficient (Wildman–Crippen LogP) is 2.61. The second-order valence-electron chi connectivity index (χ2n) is 7.19. The van der Waals surface area contributed by atoms with Crippen molar-refractivity contribution in [3.63, 3.8) is 0 Å². The fraction of sp³-hybridized carbons (Fsp3) is 0.429. The molecule has 2 aromatic rings. The van der Waals surface area contributed by atoms with Gasteiger partial charge in [-0.25, -0.2) is 9.97 Å². The number of ether oxygens (including phenoxy) is 2. The maximum atomic E-state index is 11.8. The smallest absolute Gasteiger partial charge is 0.238 e. The maximum absolute atomic E-state index is 11.8. The summed E-state index contributed by atoms with van der Waals surface area (Å²) in [4.78, 5) is 33.2. The van der Waals surface area contributed by atoms with Crippen LogP contribution in [0.3, 0.4) is 0 Å². The van der Waals surface area contributed by atoms with Crippen LogP contribution in [0.25, 0.3) is 0 Å². The number of nitrogens with zero attached hydrogens (tertiary/aromatic N) is 3. The quantitative estimate of drug-likeness (QED) is 0.685. The standard InChI is InChI=1S/C21H25ClN4O4/c1-13(27)11-29-21-18(22)19(24-12-25-21)26-9-8-17(10-26)30-16-6-4-15(5-7-16)14(2)20(28)23-3/h4-7,12,14,17H,8-11H2,1-3H3,(H,23,28). The normalized spacial score (nSPS) is 16.8. The van der Waals surface area contributed by atoms with E-state index in [0.29, 0.717) is 12.4 Å². The van der Waals surface area contributed by atoms with Crippen LogP contribution in [0.4, 0.5) is 5.82 Å². The Bertz CT molecular complexity index is 906. The number of likely N-dealkylation sites (N-methyl/N-ethyl adjacent to an activating group) is 1. The van der Waals surface area contributed by atoms with Gasteiger partial charge in [-0.05, 0) is 31.5 Å². The van der Waals surface area contributed by atoms with Crippen LogP contribution in [0.2, 0.25) is 5.02 Å². The second kappa shape index (κ2) is 9.75. The minimum Gasteiger partial charge on any atom is -0.489 e. The topological polar surface area (TPSA) is 93.7 Å².